The van der Waals surface area contributed by atoms with E-state index in [0.29, 0.717) is 12.2 Å². The van der Waals surface area contributed by atoms with Gasteiger partial charge in [-0.3, -0.25) is 4.79 Å². The van der Waals surface area contributed by atoms with Crippen LogP contribution in [-0.4, -0.2) is 21.5 Å². The van der Waals surface area contributed by atoms with Crippen LogP contribution in [0.15, 0.2) is 18.2 Å². The second kappa shape index (κ2) is 7.29. The predicted octanol–water partition coefficient (Wildman–Crippen LogP) is 2.88. The van der Waals surface area contributed by atoms with Crippen LogP contribution in [0.2, 0.25) is 0 Å². The number of nitrogens with two attached hydrogens (primary N) is 1. The molecular weight excluding hydrogens is 276 g/mol. The summed E-state index contributed by atoms with van der Waals surface area (Å²) in [4.78, 5) is 16.9. The van der Waals surface area contributed by atoms with Crippen LogP contribution in [0.4, 0.5) is 5.69 Å². The van der Waals surface area contributed by atoms with Gasteiger partial charge in [0.1, 0.15) is 17.9 Å². The highest BCUT2D eigenvalue weighted by molar-refractivity contribution is 5.89. The molecule has 0 aliphatic rings. The maximum atomic E-state index is 12.2. The van der Waals surface area contributed by atoms with Gasteiger partial charge >= 0.3 is 0 Å². The number of para-hydroxylation sites is 1. The van der Waals surface area contributed by atoms with E-state index in [2.05, 4.69) is 24.1 Å². The van der Waals surface area contributed by atoms with Crippen LogP contribution >= 0.6 is 0 Å². The van der Waals surface area contributed by atoms with Gasteiger partial charge in [-0.05, 0) is 31.9 Å². The summed E-state index contributed by atoms with van der Waals surface area (Å²) in [6.07, 6.45) is 3.93. The predicted molar refractivity (Wildman–Crippen MR) is 90.7 cm³/mol. The zero-order valence-electron chi connectivity index (χ0n) is 13.7. The third-order valence-electron chi connectivity index (χ3n) is 3.96. The van der Waals surface area contributed by atoms with E-state index in [1.807, 2.05) is 29.7 Å². The Morgan fingerprint density at radius 1 is 1.41 bits per heavy atom. The Hall–Kier alpha value is -2.04. The van der Waals surface area contributed by atoms with Crippen LogP contribution < -0.4 is 11.1 Å². The largest absolute Gasteiger partial charge is 0.397 e. The van der Waals surface area contributed by atoms with Crippen molar-refractivity contribution in [1.29, 1.82) is 0 Å². The van der Waals surface area contributed by atoms with Gasteiger partial charge in [-0.2, -0.15) is 0 Å². The summed E-state index contributed by atoms with van der Waals surface area (Å²) < 4.78 is 2.00. The fraction of sp³-hybridized carbons (Fsp3) is 0.529. The number of amides is 1. The highest BCUT2D eigenvalue weighted by Gasteiger charge is 2.15. The number of nitrogens with zero attached hydrogens (tertiary/aromatic N) is 2. The number of imidazole rings is 1. The number of benzene rings is 1. The molecule has 0 saturated carbocycles. The second-order valence-corrected chi connectivity index (χ2v) is 5.81. The lowest BCUT2D eigenvalue weighted by Gasteiger charge is -2.13. The lowest BCUT2D eigenvalue weighted by molar-refractivity contribution is -0.122. The average molecular weight is 302 g/mol. The molecule has 0 bridgehead atoms. The minimum Gasteiger partial charge on any atom is -0.397 e. The molecule has 2 rings (SSSR count). The summed E-state index contributed by atoms with van der Waals surface area (Å²) in [5, 5.41) is 3.01. The number of rotatable bonds is 7. The van der Waals surface area contributed by atoms with Crippen LogP contribution in [0.25, 0.3) is 11.0 Å². The Bertz CT molecular complexity index is 647. The molecule has 0 aliphatic heterocycles. The van der Waals surface area contributed by atoms with Crippen molar-refractivity contribution in [2.24, 2.45) is 0 Å². The Balaban J connectivity index is 2.32. The van der Waals surface area contributed by atoms with Crippen LogP contribution in [0.3, 0.4) is 0 Å². The summed E-state index contributed by atoms with van der Waals surface area (Å²) in [6, 6.07) is 5.92. The molecule has 5 heteroatoms. The SMILES string of the molecule is CCCCc1nc2c(N)cccc2n1CC(=O)NC(C)CC. The number of aromatic nitrogens is 2. The van der Waals surface area contributed by atoms with Gasteiger partial charge in [0.2, 0.25) is 5.91 Å². The summed E-state index contributed by atoms with van der Waals surface area (Å²) in [6.45, 7) is 6.52. The van der Waals surface area contributed by atoms with Crippen molar-refractivity contribution in [3.63, 3.8) is 0 Å². The van der Waals surface area contributed by atoms with E-state index in [1.165, 1.54) is 0 Å². The Morgan fingerprint density at radius 2 is 2.18 bits per heavy atom. The molecule has 120 valence electrons. The summed E-state index contributed by atoms with van der Waals surface area (Å²) in [7, 11) is 0. The highest BCUT2D eigenvalue weighted by Crippen LogP contribution is 2.22. The van der Waals surface area contributed by atoms with Crippen molar-refractivity contribution >= 4 is 22.6 Å². The van der Waals surface area contributed by atoms with Crippen LogP contribution in [0, 0.1) is 0 Å². The first-order valence-electron chi connectivity index (χ1n) is 8.09. The molecule has 3 N–H and O–H groups in total. The van der Waals surface area contributed by atoms with E-state index in [4.69, 9.17) is 5.73 Å². The number of anilines is 1. The standard InChI is InChI=1S/C17H26N4O/c1-4-6-10-15-20-17-13(18)8-7-9-14(17)21(15)11-16(22)19-12(3)5-2/h7-9,12H,4-6,10-11,18H2,1-3H3,(H,19,22). The lowest BCUT2D eigenvalue weighted by atomic mass is 10.2. The number of carbonyl (C=O) groups is 1. The minimum absolute atomic E-state index is 0.0221. The number of unbranched alkanes of at least 4 members (excludes halogenated alkanes) is 1. The van der Waals surface area contributed by atoms with Gasteiger partial charge < -0.3 is 15.6 Å². The molecule has 2 aromatic rings. The summed E-state index contributed by atoms with van der Waals surface area (Å²) in [5.41, 5.74) is 8.42. The molecule has 0 fully saturated rings. The molecule has 0 aliphatic carbocycles. The molecule has 1 aromatic carbocycles. The van der Waals surface area contributed by atoms with Crippen LogP contribution in [0.5, 0.6) is 0 Å². The molecule has 22 heavy (non-hydrogen) atoms. The summed E-state index contributed by atoms with van der Waals surface area (Å²) in [5.74, 6) is 0.961. The number of nitrogens with one attached hydrogen (secondary N) is 1. The molecule has 1 aromatic heterocycles. The number of fused-ring (bicyclic) bond motifs is 1. The average Bonchev–Trinajstić information content (AvgIpc) is 2.84. The van der Waals surface area contributed by atoms with Gasteiger partial charge in [0.05, 0.1) is 11.2 Å². The van der Waals surface area contributed by atoms with E-state index in [1.54, 1.807) is 0 Å². The van der Waals surface area contributed by atoms with Crippen molar-refractivity contribution in [2.75, 3.05) is 5.73 Å². The molecule has 0 spiro atoms. The first-order valence-corrected chi connectivity index (χ1v) is 8.09. The monoisotopic (exact) mass is 302 g/mol. The number of hydrogen-bond donors (Lipinski definition) is 2. The lowest BCUT2D eigenvalue weighted by Crippen LogP contribution is -2.34. The normalized spacial score (nSPS) is 12.5. The molecular formula is C17H26N4O. The molecule has 1 amide bonds. The van der Waals surface area contributed by atoms with E-state index < -0.39 is 0 Å². The highest BCUT2D eigenvalue weighted by atomic mass is 16.2. The Labute approximate surface area is 131 Å². The fourth-order valence-corrected chi connectivity index (χ4v) is 2.49. The third-order valence-corrected chi connectivity index (χ3v) is 3.96. The number of nitrogen functional groups attached to an aromatic ring is 1. The number of aryl methyl sites for hydroxylation is 1. The van der Waals surface area contributed by atoms with E-state index in [0.717, 1.165) is 42.5 Å². The first kappa shape index (κ1) is 16.3. The maximum absolute atomic E-state index is 12.2. The number of carbonyl (C=O) groups excluding carboxylic acids is 1. The molecule has 0 saturated heterocycles. The second-order valence-electron chi connectivity index (χ2n) is 5.81. The van der Waals surface area contributed by atoms with Crippen molar-refractivity contribution in [2.45, 2.75) is 59.0 Å². The van der Waals surface area contributed by atoms with Crippen molar-refractivity contribution in [1.82, 2.24) is 14.9 Å². The van der Waals surface area contributed by atoms with Crippen molar-refractivity contribution in [3.05, 3.63) is 24.0 Å². The summed E-state index contributed by atoms with van der Waals surface area (Å²) >= 11 is 0. The Morgan fingerprint density at radius 3 is 2.86 bits per heavy atom. The fourth-order valence-electron chi connectivity index (χ4n) is 2.49. The van der Waals surface area contributed by atoms with Gasteiger partial charge in [0, 0.05) is 12.5 Å². The van der Waals surface area contributed by atoms with Crippen LogP contribution in [0.1, 0.15) is 45.9 Å². The van der Waals surface area contributed by atoms with Gasteiger partial charge in [-0.25, -0.2) is 4.98 Å². The van der Waals surface area contributed by atoms with E-state index in [-0.39, 0.29) is 11.9 Å². The van der Waals surface area contributed by atoms with E-state index >= 15 is 0 Å². The zero-order valence-corrected chi connectivity index (χ0v) is 13.7. The van der Waals surface area contributed by atoms with Crippen molar-refractivity contribution in [3.8, 4) is 0 Å². The van der Waals surface area contributed by atoms with Crippen molar-refractivity contribution < 1.29 is 4.79 Å². The first-order chi connectivity index (χ1) is 10.6. The molecule has 1 unspecified atom stereocenters. The topological polar surface area (TPSA) is 72.9 Å². The van der Waals surface area contributed by atoms with Gasteiger partial charge in [0.15, 0.2) is 0 Å². The quantitative estimate of drug-likeness (QED) is 0.772. The molecule has 5 nitrogen and oxygen atoms in total. The van der Waals surface area contributed by atoms with Gasteiger partial charge in [0.25, 0.3) is 0 Å². The third kappa shape index (κ3) is 3.59. The minimum atomic E-state index is 0.0221. The maximum Gasteiger partial charge on any atom is 0.240 e. The van der Waals surface area contributed by atoms with Crippen LogP contribution in [-0.2, 0) is 17.8 Å². The van der Waals surface area contributed by atoms with Gasteiger partial charge in [-0.1, -0.05) is 26.3 Å². The van der Waals surface area contributed by atoms with E-state index in [9.17, 15) is 4.79 Å². The molecule has 1 atom stereocenters. The Kier molecular flexibility index (Phi) is 5.41. The van der Waals surface area contributed by atoms with Gasteiger partial charge in [-0.15, -0.1) is 0 Å². The zero-order chi connectivity index (χ0) is 16.1. The smallest absolute Gasteiger partial charge is 0.240 e. The molecule has 0 radical (unpaired) electrons. The molecule has 1 heterocycles. The number of hydrogen-bond acceptors (Lipinski definition) is 3.